The Morgan fingerprint density at radius 3 is 2.61 bits per heavy atom. The van der Waals surface area contributed by atoms with Crippen molar-refractivity contribution in [2.45, 2.75) is 25.6 Å². The first-order valence-corrected chi connectivity index (χ1v) is 10.1. The fraction of sp³-hybridized carbons (Fsp3) is 0.318. The van der Waals surface area contributed by atoms with Gasteiger partial charge in [0.1, 0.15) is 0 Å². The number of aromatic nitrogens is 1. The molecule has 31 heavy (non-hydrogen) atoms. The highest BCUT2D eigenvalue weighted by Crippen LogP contribution is 2.32. The fourth-order valence-corrected chi connectivity index (χ4v) is 3.49. The minimum atomic E-state index is -4.49. The number of piperidine rings is 1. The van der Waals surface area contributed by atoms with Crippen LogP contribution in [-0.2, 0) is 22.3 Å². The van der Waals surface area contributed by atoms with Gasteiger partial charge in [-0.1, -0.05) is 17.7 Å². The number of alkyl halides is 3. The van der Waals surface area contributed by atoms with Crippen LogP contribution in [0.25, 0.3) is 6.08 Å². The van der Waals surface area contributed by atoms with Crippen molar-refractivity contribution < 1.29 is 22.8 Å². The Hall–Kier alpha value is -2.87. The second-order valence-electron chi connectivity index (χ2n) is 7.25. The number of hydrogen-bond donors (Lipinski definition) is 1. The van der Waals surface area contributed by atoms with Crippen molar-refractivity contribution in [2.24, 2.45) is 5.92 Å². The molecule has 2 heterocycles. The summed E-state index contributed by atoms with van der Waals surface area (Å²) >= 11 is 5.95. The number of benzene rings is 1. The molecule has 1 aliphatic heterocycles. The maximum absolute atomic E-state index is 12.9. The first kappa shape index (κ1) is 22.8. The average Bonchev–Trinajstić information content (AvgIpc) is 2.76. The van der Waals surface area contributed by atoms with Crippen LogP contribution in [0.15, 0.2) is 48.8 Å². The van der Waals surface area contributed by atoms with Gasteiger partial charge in [-0.15, -0.1) is 0 Å². The van der Waals surface area contributed by atoms with Crippen LogP contribution in [0.1, 0.15) is 29.5 Å². The predicted molar refractivity (Wildman–Crippen MR) is 111 cm³/mol. The largest absolute Gasteiger partial charge is 0.416 e. The van der Waals surface area contributed by atoms with Gasteiger partial charge in [-0.05, 0) is 54.3 Å². The average molecular weight is 452 g/mol. The van der Waals surface area contributed by atoms with E-state index in [9.17, 15) is 22.8 Å². The molecule has 2 amide bonds. The maximum Gasteiger partial charge on any atom is 0.416 e. The molecule has 0 radical (unpaired) electrons. The molecule has 0 spiro atoms. The zero-order valence-corrected chi connectivity index (χ0v) is 17.3. The van der Waals surface area contributed by atoms with Gasteiger partial charge in [-0.3, -0.25) is 14.6 Å². The Bertz CT molecular complexity index is 956. The monoisotopic (exact) mass is 451 g/mol. The molecule has 2 aromatic rings. The first-order chi connectivity index (χ1) is 14.7. The number of pyridine rings is 1. The third-order valence-corrected chi connectivity index (χ3v) is 5.44. The normalized spacial score (nSPS) is 15.3. The van der Waals surface area contributed by atoms with Crippen molar-refractivity contribution in [3.05, 3.63) is 70.5 Å². The lowest BCUT2D eigenvalue weighted by atomic mass is 9.95. The Kier molecular flexibility index (Phi) is 7.33. The van der Waals surface area contributed by atoms with Crippen molar-refractivity contribution in [1.29, 1.82) is 0 Å². The van der Waals surface area contributed by atoms with Gasteiger partial charge < -0.3 is 10.2 Å². The van der Waals surface area contributed by atoms with E-state index in [1.54, 1.807) is 23.4 Å². The zero-order chi connectivity index (χ0) is 22.4. The summed E-state index contributed by atoms with van der Waals surface area (Å²) in [5.74, 6) is -0.590. The summed E-state index contributed by atoms with van der Waals surface area (Å²) < 4.78 is 38.6. The molecule has 1 fully saturated rings. The van der Waals surface area contributed by atoms with E-state index >= 15 is 0 Å². The van der Waals surface area contributed by atoms with E-state index < -0.39 is 11.7 Å². The van der Waals surface area contributed by atoms with Gasteiger partial charge in [0.2, 0.25) is 11.8 Å². The summed E-state index contributed by atoms with van der Waals surface area (Å²) in [6, 6.07) is 6.63. The van der Waals surface area contributed by atoms with Crippen molar-refractivity contribution in [3.63, 3.8) is 0 Å². The molecule has 1 aromatic carbocycles. The first-order valence-electron chi connectivity index (χ1n) is 9.74. The van der Waals surface area contributed by atoms with Gasteiger partial charge in [0.15, 0.2) is 0 Å². The van der Waals surface area contributed by atoms with Crippen LogP contribution in [-0.4, -0.2) is 34.8 Å². The van der Waals surface area contributed by atoms with E-state index in [0.29, 0.717) is 32.5 Å². The predicted octanol–water partition coefficient (Wildman–Crippen LogP) is 4.32. The van der Waals surface area contributed by atoms with Gasteiger partial charge in [0.05, 0.1) is 5.56 Å². The third kappa shape index (κ3) is 6.30. The molecule has 0 unspecified atom stereocenters. The SMILES string of the molecule is O=C(NCc1cccnc1)C1CCN(C(=O)/C=C/c2cc(C(F)(F)F)ccc2Cl)CC1. The molecule has 1 N–H and O–H groups in total. The summed E-state index contributed by atoms with van der Waals surface area (Å²) in [5, 5.41) is 3.01. The number of halogens is 4. The number of rotatable bonds is 5. The highest BCUT2D eigenvalue weighted by atomic mass is 35.5. The Balaban J connectivity index is 1.52. The van der Waals surface area contributed by atoms with Crippen LogP contribution >= 0.6 is 11.6 Å². The minimum absolute atomic E-state index is 0.0674. The second-order valence-corrected chi connectivity index (χ2v) is 7.65. The quantitative estimate of drug-likeness (QED) is 0.688. The van der Waals surface area contributed by atoms with Crippen molar-refractivity contribution in [3.8, 4) is 0 Å². The molecule has 1 saturated heterocycles. The molecule has 0 aliphatic carbocycles. The number of hydrogen-bond acceptors (Lipinski definition) is 3. The van der Waals surface area contributed by atoms with Crippen LogP contribution < -0.4 is 5.32 Å². The smallest absolute Gasteiger partial charge is 0.352 e. The molecule has 0 saturated carbocycles. The van der Waals surface area contributed by atoms with E-state index in [1.165, 1.54) is 12.2 Å². The van der Waals surface area contributed by atoms with Crippen LogP contribution in [0, 0.1) is 5.92 Å². The molecule has 0 atom stereocenters. The molecule has 0 bridgehead atoms. The molecule has 164 valence electrons. The maximum atomic E-state index is 12.9. The summed E-state index contributed by atoms with van der Waals surface area (Å²) in [7, 11) is 0. The summed E-state index contributed by atoms with van der Waals surface area (Å²) in [6.45, 7) is 1.18. The standard InChI is InChI=1S/C22H21ClF3N3O2/c23-19-5-4-18(22(24,25)26)12-17(19)3-6-20(30)29-10-7-16(8-11-29)21(31)28-14-15-2-1-9-27-13-15/h1-6,9,12-13,16H,7-8,10-11,14H2,(H,28,31)/b6-3+. The zero-order valence-electron chi connectivity index (χ0n) is 16.5. The molecular weight excluding hydrogens is 431 g/mol. The van der Waals surface area contributed by atoms with E-state index in [1.807, 2.05) is 6.07 Å². The minimum Gasteiger partial charge on any atom is -0.352 e. The van der Waals surface area contributed by atoms with Crippen LogP contribution in [0.5, 0.6) is 0 Å². The van der Waals surface area contributed by atoms with E-state index in [2.05, 4.69) is 10.3 Å². The van der Waals surface area contributed by atoms with Gasteiger partial charge >= 0.3 is 6.18 Å². The lowest BCUT2D eigenvalue weighted by molar-refractivity contribution is -0.137. The number of nitrogens with one attached hydrogen (secondary N) is 1. The van der Waals surface area contributed by atoms with Crippen LogP contribution in [0.3, 0.4) is 0 Å². The highest BCUT2D eigenvalue weighted by molar-refractivity contribution is 6.32. The fourth-order valence-electron chi connectivity index (χ4n) is 3.31. The Morgan fingerprint density at radius 2 is 1.97 bits per heavy atom. The van der Waals surface area contributed by atoms with E-state index in [-0.39, 0.29) is 28.3 Å². The Morgan fingerprint density at radius 1 is 1.23 bits per heavy atom. The van der Waals surface area contributed by atoms with Gasteiger partial charge in [-0.25, -0.2) is 0 Å². The summed E-state index contributed by atoms with van der Waals surface area (Å²) in [6.07, 6.45) is 2.39. The van der Waals surface area contributed by atoms with Gasteiger partial charge in [0.25, 0.3) is 0 Å². The lowest BCUT2D eigenvalue weighted by Gasteiger charge is -2.30. The molecule has 3 rings (SSSR count). The molecular formula is C22H21ClF3N3O2. The van der Waals surface area contributed by atoms with Gasteiger partial charge in [-0.2, -0.15) is 13.2 Å². The summed E-state index contributed by atoms with van der Waals surface area (Å²) in [5.41, 5.74) is 0.193. The molecule has 1 aliphatic rings. The molecule has 1 aromatic heterocycles. The number of amides is 2. The summed E-state index contributed by atoms with van der Waals surface area (Å²) in [4.78, 5) is 30.3. The number of carbonyl (C=O) groups excluding carboxylic acids is 2. The molecule has 9 heteroatoms. The topological polar surface area (TPSA) is 62.3 Å². The van der Waals surface area contributed by atoms with Gasteiger partial charge in [0, 0.05) is 49.0 Å². The Labute approximate surface area is 182 Å². The van der Waals surface area contributed by atoms with Crippen LogP contribution in [0.2, 0.25) is 5.02 Å². The number of carbonyl (C=O) groups is 2. The number of nitrogens with zero attached hydrogens (tertiary/aromatic N) is 2. The third-order valence-electron chi connectivity index (χ3n) is 5.10. The van der Waals surface area contributed by atoms with Crippen molar-refractivity contribution in [1.82, 2.24) is 15.2 Å². The second kappa shape index (κ2) is 9.96. The lowest BCUT2D eigenvalue weighted by Crippen LogP contribution is -2.42. The van der Waals surface area contributed by atoms with E-state index in [0.717, 1.165) is 23.8 Å². The highest BCUT2D eigenvalue weighted by Gasteiger charge is 2.31. The number of likely N-dealkylation sites (tertiary alicyclic amines) is 1. The van der Waals surface area contributed by atoms with Crippen LogP contribution in [0.4, 0.5) is 13.2 Å². The van der Waals surface area contributed by atoms with E-state index in [4.69, 9.17) is 11.6 Å². The molecule has 5 nitrogen and oxygen atoms in total. The van der Waals surface area contributed by atoms with Crippen molar-refractivity contribution in [2.75, 3.05) is 13.1 Å². The van der Waals surface area contributed by atoms with Crippen molar-refractivity contribution >= 4 is 29.5 Å².